The number of aliphatic carboxylic acids is 2. The molecule has 8 heavy (non-hydrogen) atoms. The van der Waals surface area contributed by atoms with E-state index in [1.54, 1.807) is 0 Å². The summed E-state index contributed by atoms with van der Waals surface area (Å²) < 4.78 is 25.6. The van der Waals surface area contributed by atoms with E-state index in [0.717, 1.165) is 0 Å². The van der Waals surface area contributed by atoms with E-state index in [-0.39, 0.29) is 0 Å². The van der Waals surface area contributed by atoms with Crippen LogP contribution in [0.1, 0.15) is 2.74 Å². The zero-order valence-electron chi connectivity index (χ0n) is 7.63. The third-order valence-electron chi connectivity index (χ3n) is 0.267. The van der Waals surface area contributed by atoms with Crippen LogP contribution in [0.3, 0.4) is 0 Å². The first-order valence-electron chi connectivity index (χ1n) is 3.38. The van der Waals surface area contributed by atoms with E-state index in [9.17, 15) is 9.59 Å². The predicted octanol–water partition coefficient (Wildman–Crippen LogP) is -0.288. The summed E-state index contributed by atoms with van der Waals surface area (Å²) in [6.45, 7) is 0. The monoisotopic (exact) mass is 124 g/mol. The van der Waals surface area contributed by atoms with Crippen molar-refractivity contribution in [2.45, 2.75) is 0 Å². The molecule has 0 saturated carbocycles. The molecule has 0 rings (SSSR count). The van der Waals surface area contributed by atoms with Crippen LogP contribution < -0.4 is 0 Å². The highest BCUT2D eigenvalue weighted by Crippen LogP contribution is 1.70. The van der Waals surface area contributed by atoms with Crippen LogP contribution in [0.2, 0.25) is 0 Å². The van der Waals surface area contributed by atoms with Crippen LogP contribution in [0, 0.1) is 0 Å². The van der Waals surface area contributed by atoms with Gasteiger partial charge in [0.05, 0.1) is 2.74 Å². The Balaban J connectivity index is 4.68. The average Bonchev–Trinajstić information content (AvgIpc) is 2.12. The highest BCUT2D eigenvalue weighted by Gasteiger charge is 1.88. The molecule has 0 amide bonds. The third kappa shape index (κ3) is 4.68. The molecule has 2 N–H and O–H groups in total. The second-order valence-electron chi connectivity index (χ2n) is 0.825. The number of rotatable bonds is 2. The maximum absolute atomic E-state index is 10.3. The van der Waals surface area contributed by atoms with Gasteiger partial charge in [-0.3, -0.25) is 0 Å². The number of carboxylic acids is 2. The number of hydrogen-bond acceptors (Lipinski definition) is 4. The lowest BCUT2D eigenvalue weighted by atomic mass is 11.5. The SMILES string of the molecule is [2H]O[13C](=O)/[13C]([2H])=[13C](\[2H])[13C](=O)O[2H]. The highest BCUT2D eigenvalue weighted by atomic mass is 16.5. The smallest absolute Gasteiger partial charge is 0.328 e. The molecule has 0 saturated heterocycles. The molecular formula is C4H4O4. The molecule has 0 aromatic carbocycles. The van der Waals surface area contributed by atoms with Crippen LogP contribution in [0.4, 0.5) is 0 Å². The minimum Gasteiger partial charge on any atom is -0.478 e. The molecule has 0 aliphatic rings. The first kappa shape index (κ1) is 2.30. The molecule has 0 aromatic rings. The molecule has 0 spiro atoms. The Morgan fingerprint density at radius 1 is 1.38 bits per heavy atom. The fourth-order valence-corrected chi connectivity index (χ4v) is 0.102. The first-order chi connectivity index (χ1) is 5.54. The van der Waals surface area contributed by atoms with Gasteiger partial charge in [0.1, 0.15) is 0 Å². The van der Waals surface area contributed by atoms with Crippen molar-refractivity contribution >= 4 is 11.9 Å². The Kier molecular flexibility index (Phi) is 0.802. The molecule has 0 aliphatic heterocycles. The Hall–Kier alpha value is -1.32. The van der Waals surface area contributed by atoms with Gasteiger partial charge in [-0.2, -0.15) is 0 Å². The van der Waals surface area contributed by atoms with E-state index in [1.807, 2.05) is 0 Å². The van der Waals surface area contributed by atoms with E-state index in [4.69, 9.17) is 5.60 Å². The van der Waals surface area contributed by atoms with Crippen molar-refractivity contribution in [2.75, 3.05) is 0 Å². The number of carboxylic acid groups (broad SMARTS) is 2. The van der Waals surface area contributed by atoms with Gasteiger partial charge in [-0.15, -0.1) is 0 Å². The Morgan fingerprint density at radius 2 is 1.75 bits per heavy atom. The molecule has 0 fully saturated rings. The summed E-state index contributed by atoms with van der Waals surface area (Å²) in [5, 5.41) is 6.61. The maximum atomic E-state index is 10.3. The third-order valence-corrected chi connectivity index (χ3v) is 0.267. The van der Waals surface area contributed by atoms with Crippen LogP contribution in [0.15, 0.2) is 12.1 Å². The largest absolute Gasteiger partial charge is 0.478 e. The summed E-state index contributed by atoms with van der Waals surface area (Å²) in [5.41, 5.74) is 0. The van der Waals surface area contributed by atoms with Gasteiger partial charge in [-0.25, -0.2) is 9.59 Å². The van der Waals surface area contributed by atoms with Crippen molar-refractivity contribution in [3.05, 3.63) is 12.1 Å². The van der Waals surface area contributed by atoms with Gasteiger partial charge in [0.25, 0.3) is 2.86 Å². The van der Waals surface area contributed by atoms with Gasteiger partial charge in [0, 0.05) is 12.1 Å². The van der Waals surface area contributed by atoms with Crippen molar-refractivity contribution in [3.8, 4) is 0 Å². The Morgan fingerprint density at radius 3 is 2.00 bits per heavy atom. The van der Waals surface area contributed by atoms with Gasteiger partial charge in [0.2, 0.25) is 0 Å². The standard InChI is InChI=1S/C4H4O4/c5-3(6)1-2-4(7)8/h1-2H,(H,5,6)(H,7,8)/b2-1+/i1+1D,2+1D,3+1,4+1/hD2. The van der Waals surface area contributed by atoms with E-state index in [1.165, 1.54) is 0 Å². The summed E-state index contributed by atoms with van der Waals surface area (Å²) >= 11 is 0. The average molecular weight is 124 g/mol. The van der Waals surface area contributed by atoms with E-state index in [0.29, 0.717) is 0 Å². The van der Waals surface area contributed by atoms with Crippen molar-refractivity contribution in [3.63, 3.8) is 0 Å². The van der Waals surface area contributed by atoms with Crippen molar-refractivity contribution in [1.29, 1.82) is 2.86 Å². The van der Waals surface area contributed by atoms with Crippen molar-refractivity contribution in [2.24, 2.45) is 0 Å². The van der Waals surface area contributed by atoms with Crippen LogP contribution in [0.25, 0.3) is 2.86 Å². The topological polar surface area (TPSA) is 74.6 Å². The molecule has 0 aromatic heterocycles. The van der Waals surface area contributed by atoms with Gasteiger partial charge >= 0.3 is 11.9 Å². The lowest BCUT2D eigenvalue weighted by Crippen LogP contribution is -1.91. The normalized spacial score (nSPS) is 18.0. The van der Waals surface area contributed by atoms with Gasteiger partial charge in [-0.1, -0.05) is 0 Å². The minimum absolute atomic E-state index is 1.12. The van der Waals surface area contributed by atoms with Gasteiger partial charge < -0.3 is 10.2 Å². The van der Waals surface area contributed by atoms with Crippen molar-refractivity contribution in [1.82, 2.24) is 0 Å². The number of carbonyl (C=O) groups is 2. The first-order valence-corrected chi connectivity index (χ1v) is 1.57. The molecule has 0 bridgehead atoms. The lowest BCUT2D eigenvalue weighted by Gasteiger charge is -1.74. The minimum atomic E-state index is -1.45. The van der Waals surface area contributed by atoms with Crippen LogP contribution in [0.5, 0.6) is 0 Å². The van der Waals surface area contributed by atoms with Crippen molar-refractivity contribution < 1.29 is 22.5 Å². The predicted molar refractivity (Wildman–Crippen MR) is 24.4 cm³/mol. The van der Waals surface area contributed by atoms with E-state index in [2.05, 4.69) is 10.2 Å². The summed E-state index contributed by atoms with van der Waals surface area (Å²) in [4.78, 5) is 20.7. The maximum Gasteiger partial charge on any atom is 0.328 e. The number of hydrogen-bond donors (Lipinski definition) is 2. The zero-order chi connectivity index (χ0) is 9.72. The molecule has 0 heterocycles. The molecule has 4 nitrogen and oxygen atoms in total. The molecule has 44 valence electrons. The summed E-state index contributed by atoms with van der Waals surface area (Å²) in [5.74, 6) is -2.91. The fraction of sp³-hybridized carbons (Fsp3) is 0. The van der Waals surface area contributed by atoms with Crippen LogP contribution in [-0.4, -0.2) is 22.2 Å². The summed E-state index contributed by atoms with van der Waals surface area (Å²) in [7, 11) is 0. The molecular weight excluding hydrogens is 116 g/mol. The molecule has 0 unspecified atom stereocenters. The lowest BCUT2D eigenvalue weighted by molar-refractivity contribution is -0.134. The Bertz CT molecular complexity index is 211. The van der Waals surface area contributed by atoms with Gasteiger partial charge in [-0.05, 0) is 0 Å². The zero-order valence-corrected chi connectivity index (χ0v) is 3.63. The molecule has 0 atom stereocenters. The molecule has 4 heteroatoms. The fourth-order valence-electron chi connectivity index (χ4n) is 0.102. The van der Waals surface area contributed by atoms with Crippen LogP contribution in [-0.2, 0) is 9.59 Å². The quantitative estimate of drug-likeness (QED) is 0.392. The molecule has 0 aliphatic carbocycles. The second kappa shape index (κ2) is 2.79. The Labute approximate surface area is 50.8 Å². The van der Waals surface area contributed by atoms with E-state index >= 15 is 0 Å². The summed E-state index contributed by atoms with van der Waals surface area (Å²) in [6.07, 6.45) is 0. The van der Waals surface area contributed by atoms with E-state index < -0.39 is 24.0 Å². The van der Waals surface area contributed by atoms with Gasteiger partial charge in [0.15, 0.2) is 0 Å². The summed E-state index contributed by atoms with van der Waals surface area (Å²) in [6, 6.07) is -2.25. The second-order valence-corrected chi connectivity index (χ2v) is 0.825. The van der Waals surface area contributed by atoms with Crippen LogP contribution >= 0.6 is 0 Å². The highest BCUT2D eigenvalue weighted by molar-refractivity contribution is 5.89. The molecule has 0 radical (unpaired) electrons.